The minimum atomic E-state index is -0.535. The van der Waals surface area contributed by atoms with E-state index in [2.05, 4.69) is 5.29 Å². The molecule has 0 amide bonds. The highest BCUT2D eigenvalue weighted by atomic mass is 16.6. The molecule has 0 aromatic heterocycles. The first-order valence-electron chi connectivity index (χ1n) is 3.94. The average molecular weight is 172 g/mol. The molecular formula is C7H12N2O3. The molecule has 1 fully saturated rings. The predicted octanol–water partition coefficient (Wildman–Crippen LogP) is 1.04. The van der Waals surface area contributed by atoms with Gasteiger partial charge in [-0.3, -0.25) is 4.79 Å². The maximum atomic E-state index is 10.5. The van der Waals surface area contributed by atoms with Crippen molar-refractivity contribution in [1.29, 1.82) is 0 Å². The van der Waals surface area contributed by atoms with Crippen LogP contribution in [0.25, 0.3) is 0 Å². The highest BCUT2D eigenvalue weighted by molar-refractivity contribution is 5.66. The maximum absolute atomic E-state index is 10.5. The van der Waals surface area contributed by atoms with Crippen molar-refractivity contribution in [3.05, 3.63) is 4.91 Å². The summed E-state index contributed by atoms with van der Waals surface area (Å²) in [5.74, 6) is -0.392. The number of rotatable bonds is 4. The molecule has 1 aliphatic carbocycles. The van der Waals surface area contributed by atoms with Crippen molar-refractivity contribution >= 4 is 5.97 Å². The van der Waals surface area contributed by atoms with Gasteiger partial charge in [-0.15, -0.1) is 4.91 Å². The van der Waals surface area contributed by atoms with E-state index in [0.717, 1.165) is 12.8 Å². The fraction of sp³-hybridized carbons (Fsp3) is 0.857. The number of esters is 1. The Kier molecular flexibility index (Phi) is 2.62. The first-order chi connectivity index (χ1) is 5.65. The zero-order valence-corrected chi connectivity index (χ0v) is 7.19. The summed E-state index contributed by atoms with van der Waals surface area (Å²) in [4.78, 5) is 20.8. The zero-order valence-electron chi connectivity index (χ0n) is 7.19. The first kappa shape index (κ1) is 8.96. The highest BCUT2D eigenvalue weighted by Crippen LogP contribution is 2.28. The van der Waals surface area contributed by atoms with Gasteiger partial charge in [-0.25, -0.2) is 5.01 Å². The zero-order chi connectivity index (χ0) is 9.14. The van der Waals surface area contributed by atoms with E-state index in [0.29, 0.717) is 0 Å². The van der Waals surface area contributed by atoms with Crippen LogP contribution in [0, 0.1) is 4.91 Å². The molecule has 5 heteroatoms. The third kappa shape index (κ3) is 2.18. The van der Waals surface area contributed by atoms with Gasteiger partial charge in [0.25, 0.3) is 0 Å². The second-order valence-electron chi connectivity index (χ2n) is 2.90. The molecular weight excluding hydrogens is 160 g/mol. The van der Waals surface area contributed by atoms with Crippen LogP contribution in [0.3, 0.4) is 0 Å². The summed E-state index contributed by atoms with van der Waals surface area (Å²) >= 11 is 0. The Morgan fingerprint density at radius 3 is 2.58 bits per heavy atom. The first-order valence-corrected chi connectivity index (χ1v) is 3.94. The Morgan fingerprint density at radius 1 is 1.67 bits per heavy atom. The number of ether oxygens (including phenoxy) is 1. The van der Waals surface area contributed by atoms with E-state index in [-0.39, 0.29) is 6.04 Å². The van der Waals surface area contributed by atoms with Gasteiger partial charge in [-0.2, -0.15) is 0 Å². The number of carbonyl (C=O) groups is 1. The van der Waals surface area contributed by atoms with Gasteiger partial charge in [-0.05, 0) is 19.8 Å². The highest BCUT2D eigenvalue weighted by Gasteiger charge is 2.33. The van der Waals surface area contributed by atoms with Crippen LogP contribution in [0.4, 0.5) is 0 Å². The lowest BCUT2D eigenvalue weighted by Gasteiger charge is -2.21. The molecule has 0 aromatic rings. The SMILES string of the molecule is CC(=O)OC(C)N(N=O)C1CC1. The normalized spacial score (nSPS) is 18.2. The van der Waals surface area contributed by atoms with Crippen LogP contribution in [0.2, 0.25) is 0 Å². The molecule has 68 valence electrons. The molecule has 0 N–H and O–H groups in total. The van der Waals surface area contributed by atoms with Crippen LogP contribution in [0.15, 0.2) is 5.29 Å². The number of hydrogen-bond acceptors (Lipinski definition) is 4. The van der Waals surface area contributed by atoms with Crippen molar-refractivity contribution in [3.63, 3.8) is 0 Å². The fourth-order valence-electron chi connectivity index (χ4n) is 1.06. The molecule has 0 spiro atoms. The molecule has 1 saturated carbocycles. The number of carbonyl (C=O) groups excluding carboxylic acids is 1. The molecule has 1 rings (SSSR count). The third-order valence-electron chi connectivity index (χ3n) is 1.72. The third-order valence-corrected chi connectivity index (χ3v) is 1.72. The summed E-state index contributed by atoms with van der Waals surface area (Å²) in [7, 11) is 0. The minimum Gasteiger partial charge on any atom is -0.440 e. The van der Waals surface area contributed by atoms with Crippen molar-refractivity contribution in [2.45, 2.75) is 39.0 Å². The van der Waals surface area contributed by atoms with Crippen molar-refractivity contribution in [2.24, 2.45) is 5.29 Å². The molecule has 0 heterocycles. The van der Waals surface area contributed by atoms with Gasteiger partial charge in [0, 0.05) is 6.92 Å². The molecule has 0 aromatic carbocycles. The van der Waals surface area contributed by atoms with Crippen LogP contribution in [0.5, 0.6) is 0 Å². The van der Waals surface area contributed by atoms with Gasteiger partial charge in [0.15, 0.2) is 6.23 Å². The van der Waals surface area contributed by atoms with E-state index in [1.165, 1.54) is 11.9 Å². The number of nitroso groups, excluding NO2 is 1. The predicted molar refractivity (Wildman–Crippen MR) is 41.9 cm³/mol. The molecule has 0 aliphatic heterocycles. The Balaban J connectivity index is 2.41. The van der Waals surface area contributed by atoms with Crippen LogP contribution < -0.4 is 0 Å². The van der Waals surface area contributed by atoms with Gasteiger partial charge < -0.3 is 4.74 Å². The summed E-state index contributed by atoms with van der Waals surface area (Å²) in [6.45, 7) is 2.95. The van der Waals surface area contributed by atoms with E-state index >= 15 is 0 Å². The Labute approximate surface area is 70.6 Å². The standard InChI is InChI=1S/C7H12N2O3/c1-5(12-6(2)10)9(8-11)7-3-4-7/h5,7H,3-4H2,1-2H3. The molecule has 1 aliphatic rings. The van der Waals surface area contributed by atoms with Gasteiger partial charge >= 0.3 is 5.97 Å². The Hall–Kier alpha value is -1.13. The van der Waals surface area contributed by atoms with Gasteiger partial charge in [-0.1, -0.05) is 0 Å². The average Bonchev–Trinajstić information content (AvgIpc) is 2.70. The Bertz CT molecular complexity index is 191. The summed E-state index contributed by atoms with van der Waals surface area (Å²) < 4.78 is 4.80. The largest absolute Gasteiger partial charge is 0.440 e. The number of nitrogens with zero attached hydrogens (tertiary/aromatic N) is 2. The van der Waals surface area contributed by atoms with E-state index in [1.807, 2.05) is 0 Å². The van der Waals surface area contributed by atoms with Crippen molar-refractivity contribution in [2.75, 3.05) is 0 Å². The lowest BCUT2D eigenvalue weighted by molar-refractivity contribution is -0.155. The minimum absolute atomic E-state index is 0.178. The van der Waals surface area contributed by atoms with E-state index < -0.39 is 12.2 Å². The maximum Gasteiger partial charge on any atom is 0.304 e. The fourth-order valence-corrected chi connectivity index (χ4v) is 1.06. The lowest BCUT2D eigenvalue weighted by atomic mass is 10.5. The van der Waals surface area contributed by atoms with E-state index in [1.54, 1.807) is 6.92 Å². The van der Waals surface area contributed by atoms with E-state index in [9.17, 15) is 9.70 Å². The van der Waals surface area contributed by atoms with Gasteiger partial charge in [0.05, 0.1) is 11.3 Å². The summed E-state index contributed by atoms with van der Waals surface area (Å²) in [5.41, 5.74) is 0. The molecule has 0 saturated heterocycles. The Morgan fingerprint density at radius 2 is 2.25 bits per heavy atom. The van der Waals surface area contributed by atoms with Crippen LogP contribution in [-0.2, 0) is 9.53 Å². The smallest absolute Gasteiger partial charge is 0.304 e. The molecule has 1 unspecified atom stereocenters. The molecule has 5 nitrogen and oxygen atoms in total. The summed E-state index contributed by atoms with van der Waals surface area (Å²) in [6, 6.07) is 0.178. The van der Waals surface area contributed by atoms with Crippen LogP contribution in [0.1, 0.15) is 26.7 Å². The lowest BCUT2D eigenvalue weighted by Crippen LogP contribution is -2.33. The molecule has 0 radical (unpaired) electrons. The topological polar surface area (TPSA) is 59.0 Å². The monoisotopic (exact) mass is 172 g/mol. The van der Waals surface area contributed by atoms with Crippen molar-refractivity contribution < 1.29 is 9.53 Å². The van der Waals surface area contributed by atoms with Crippen molar-refractivity contribution in [1.82, 2.24) is 5.01 Å². The van der Waals surface area contributed by atoms with Crippen LogP contribution >= 0.6 is 0 Å². The van der Waals surface area contributed by atoms with Crippen molar-refractivity contribution in [3.8, 4) is 0 Å². The van der Waals surface area contributed by atoms with Gasteiger partial charge in [0.1, 0.15) is 0 Å². The second kappa shape index (κ2) is 3.51. The second-order valence-corrected chi connectivity index (χ2v) is 2.90. The van der Waals surface area contributed by atoms with E-state index in [4.69, 9.17) is 4.74 Å². The van der Waals surface area contributed by atoms with Gasteiger partial charge in [0.2, 0.25) is 0 Å². The summed E-state index contributed by atoms with van der Waals surface area (Å²) in [5, 5.41) is 4.10. The summed E-state index contributed by atoms with van der Waals surface area (Å²) in [6.07, 6.45) is 1.38. The molecule has 0 bridgehead atoms. The van der Waals surface area contributed by atoms with Crippen LogP contribution in [-0.4, -0.2) is 23.2 Å². The quantitative estimate of drug-likeness (QED) is 0.275. The number of hydrogen-bond donors (Lipinski definition) is 0. The molecule has 1 atom stereocenters. The molecule has 12 heavy (non-hydrogen) atoms.